The molecule has 3 N–H and O–H groups in total. The van der Waals surface area contributed by atoms with Gasteiger partial charge in [0.15, 0.2) is 0 Å². The Balaban J connectivity index is 0.00000169. The van der Waals surface area contributed by atoms with E-state index in [9.17, 15) is 13.9 Å². The van der Waals surface area contributed by atoms with E-state index in [0.717, 1.165) is 6.07 Å². The molecule has 14 heavy (non-hydrogen) atoms. The lowest BCUT2D eigenvalue weighted by atomic mass is 10.1. The van der Waals surface area contributed by atoms with Crippen LogP contribution in [0.25, 0.3) is 0 Å². The lowest BCUT2D eigenvalue weighted by Gasteiger charge is -2.10. The number of aromatic hydroxyl groups is 1. The third-order valence-electron chi connectivity index (χ3n) is 1.67. The lowest BCUT2D eigenvalue weighted by Crippen LogP contribution is -2.12. The maximum atomic E-state index is 12.7. The summed E-state index contributed by atoms with van der Waals surface area (Å²) in [7, 11) is 0. The van der Waals surface area contributed by atoms with Crippen molar-refractivity contribution in [3.63, 3.8) is 0 Å². The standard InChI is InChI=1S/C8H8ClF2NO.ClH/c9-7-5(11)2-1-4(8(7)13)6(12)3-10;/h1-2,6,13H,3,12H2;1H/t6-;/m0./s1. The van der Waals surface area contributed by atoms with Crippen LogP contribution < -0.4 is 5.73 Å². The molecule has 0 radical (unpaired) electrons. The second-order valence-corrected chi connectivity index (χ2v) is 2.94. The van der Waals surface area contributed by atoms with Gasteiger partial charge in [0, 0.05) is 5.56 Å². The molecule has 0 amide bonds. The normalized spacial score (nSPS) is 12.0. The number of hydrogen-bond acceptors (Lipinski definition) is 2. The van der Waals surface area contributed by atoms with Gasteiger partial charge in [-0.25, -0.2) is 8.78 Å². The minimum Gasteiger partial charge on any atom is -0.506 e. The predicted octanol–water partition coefficient (Wildman–Crippen LogP) is 2.58. The largest absolute Gasteiger partial charge is 0.506 e. The summed E-state index contributed by atoms with van der Waals surface area (Å²) in [5.41, 5.74) is 5.40. The predicted molar refractivity (Wildman–Crippen MR) is 53.2 cm³/mol. The first kappa shape index (κ1) is 13.4. The fourth-order valence-corrected chi connectivity index (χ4v) is 1.11. The van der Waals surface area contributed by atoms with Gasteiger partial charge in [0.1, 0.15) is 23.3 Å². The van der Waals surface area contributed by atoms with Crippen LogP contribution in [0.5, 0.6) is 5.75 Å². The molecule has 1 aromatic rings. The monoisotopic (exact) mass is 243 g/mol. The van der Waals surface area contributed by atoms with E-state index in [2.05, 4.69) is 0 Å². The maximum Gasteiger partial charge on any atom is 0.145 e. The fraction of sp³-hybridized carbons (Fsp3) is 0.250. The van der Waals surface area contributed by atoms with Crippen molar-refractivity contribution in [2.24, 2.45) is 5.73 Å². The summed E-state index contributed by atoms with van der Waals surface area (Å²) in [6, 6.07) is 1.27. The van der Waals surface area contributed by atoms with Gasteiger partial charge in [-0.3, -0.25) is 0 Å². The van der Waals surface area contributed by atoms with E-state index in [1.165, 1.54) is 6.07 Å². The number of phenolic OH excluding ortho intramolecular Hbond substituents is 1. The van der Waals surface area contributed by atoms with Gasteiger partial charge in [-0.2, -0.15) is 0 Å². The van der Waals surface area contributed by atoms with Crippen molar-refractivity contribution in [3.05, 3.63) is 28.5 Å². The highest BCUT2D eigenvalue weighted by atomic mass is 35.5. The second kappa shape index (κ2) is 5.34. The van der Waals surface area contributed by atoms with Gasteiger partial charge in [-0.15, -0.1) is 12.4 Å². The van der Waals surface area contributed by atoms with Gasteiger partial charge in [0.2, 0.25) is 0 Å². The van der Waals surface area contributed by atoms with E-state index in [1.807, 2.05) is 0 Å². The molecule has 0 aliphatic heterocycles. The Morgan fingerprint density at radius 1 is 1.50 bits per heavy atom. The number of nitrogens with two attached hydrogens (primary N) is 1. The fourth-order valence-electron chi connectivity index (χ4n) is 0.937. The molecular formula is C8H9Cl2F2NO. The maximum absolute atomic E-state index is 12.7. The first-order valence-electron chi connectivity index (χ1n) is 3.56. The summed E-state index contributed by atoms with van der Waals surface area (Å²) in [5.74, 6) is -1.25. The van der Waals surface area contributed by atoms with Crippen LogP contribution in [0.4, 0.5) is 8.78 Å². The molecule has 0 aliphatic carbocycles. The zero-order valence-electron chi connectivity index (χ0n) is 7.01. The molecule has 6 heteroatoms. The Hall–Kier alpha value is -0.580. The SMILES string of the molecule is Cl.N[C@@H](CF)c1ccc(F)c(Cl)c1O. The molecule has 0 saturated carbocycles. The first-order valence-corrected chi connectivity index (χ1v) is 3.94. The van der Waals surface area contributed by atoms with E-state index in [1.54, 1.807) is 0 Å². The molecule has 0 fully saturated rings. The molecule has 80 valence electrons. The molecule has 0 saturated heterocycles. The molecule has 0 aliphatic rings. The number of halogens is 4. The Labute approximate surface area is 91.1 Å². The number of phenols is 1. The van der Waals surface area contributed by atoms with Gasteiger partial charge in [-0.05, 0) is 6.07 Å². The van der Waals surface area contributed by atoms with Crippen LogP contribution in [0.1, 0.15) is 11.6 Å². The van der Waals surface area contributed by atoms with E-state index >= 15 is 0 Å². The third kappa shape index (κ3) is 2.47. The minimum atomic E-state index is -0.974. The second-order valence-electron chi connectivity index (χ2n) is 2.56. The number of hydrogen-bond donors (Lipinski definition) is 2. The Kier molecular flexibility index (Phi) is 5.12. The van der Waals surface area contributed by atoms with Crippen molar-refractivity contribution in [3.8, 4) is 5.75 Å². The minimum absolute atomic E-state index is 0. The van der Waals surface area contributed by atoms with Crippen molar-refractivity contribution in [2.75, 3.05) is 6.67 Å². The molecule has 0 bridgehead atoms. The molecule has 1 rings (SSSR count). The van der Waals surface area contributed by atoms with Gasteiger partial charge < -0.3 is 10.8 Å². The third-order valence-corrected chi connectivity index (χ3v) is 2.03. The van der Waals surface area contributed by atoms with Gasteiger partial charge in [0.05, 0.1) is 6.04 Å². The van der Waals surface area contributed by atoms with Gasteiger partial charge >= 0.3 is 0 Å². The van der Waals surface area contributed by atoms with Crippen molar-refractivity contribution in [1.82, 2.24) is 0 Å². The van der Waals surface area contributed by atoms with E-state index in [-0.39, 0.29) is 18.0 Å². The van der Waals surface area contributed by atoms with Crippen LogP contribution in [-0.2, 0) is 0 Å². The zero-order chi connectivity index (χ0) is 10.0. The molecule has 0 aromatic heterocycles. The van der Waals surface area contributed by atoms with E-state index < -0.39 is 29.3 Å². The average Bonchev–Trinajstić information content (AvgIpc) is 2.13. The summed E-state index contributed by atoms with van der Waals surface area (Å²) < 4.78 is 24.8. The van der Waals surface area contributed by atoms with Gasteiger partial charge in [-0.1, -0.05) is 17.7 Å². The van der Waals surface area contributed by atoms with Gasteiger partial charge in [0.25, 0.3) is 0 Å². The summed E-state index contributed by atoms with van der Waals surface area (Å²) in [6.07, 6.45) is 0. The highest BCUT2D eigenvalue weighted by Gasteiger charge is 2.15. The van der Waals surface area contributed by atoms with E-state index in [0.29, 0.717) is 0 Å². The average molecular weight is 244 g/mol. The van der Waals surface area contributed by atoms with Crippen molar-refractivity contribution in [2.45, 2.75) is 6.04 Å². The summed E-state index contributed by atoms with van der Waals surface area (Å²) in [5, 5.41) is 8.83. The molecule has 2 nitrogen and oxygen atoms in total. The molecule has 1 atom stereocenters. The highest BCUT2D eigenvalue weighted by Crippen LogP contribution is 2.32. The van der Waals surface area contributed by atoms with Crippen LogP contribution in [0.2, 0.25) is 5.02 Å². The summed E-state index contributed by atoms with van der Waals surface area (Å²) in [6.45, 7) is -0.838. The lowest BCUT2D eigenvalue weighted by molar-refractivity contribution is 0.412. The number of rotatable bonds is 2. The Morgan fingerprint density at radius 2 is 2.07 bits per heavy atom. The molecule has 0 heterocycles. The summed E-state index contributed by atoms with van der Waals surface area (Å²) in [4.78, 5) is 0. The molecule has 1 aromatic carbocycles. The molecule has 0 spiro atoms. The zero-order valence-corrected chi connectivity index (χ0v) is 8.58. The van der Waals surface area contributed by atoms with E-state index in [4.69, 9.17) is 17.3 Å². The quantitative estimate of drug-likeness (QED) is 0.839. The Bertz CT molecular complexity index is 322. The van der Waals surface area contributed by atoms with Crippen LogP contribution >= 0.6 is 24.0 Å². The van der Waals surface area contributed by atoms with Crippen molar-refractivity contribution >= 4 is 24.0 Å². The van der Waals surface area contributed by atoms with Crippen molar-refractivity contribution < 1.29 is 13.9 Å². The van der Waals surface area contributed by atoms with Crippen LogP contribution in [-0.4, -0.2) is 11.8 Å². The number of alkyl halides is 1. The molecule has 0 unspecified atom stereocenters. The smallest absolute Gasteiger partial charge is 0.145 e. The summed E-state index contributed by atoms with van der Waals surface area (Å²) >= 11 is 5.38. The van der Waals surface area contributed by atoms with Crippen molar-refractivity contribution in [1.29, 1.82) is 0 Å². The first-order chi connectivity index (χ1) is 6.07. The topological polar surface area (TPSA) is 46.2 Å². The highest BCUT2D eigenvalue weighted by molar-refractivity contribution is 6.32. The number of benzene rings is 1. The van der Waals surface area contributed by atoms with Crippen LogP contribution in [0.3, 0.4) is 0 Å². The van der Waals surface area contributed by atoms with Crippen LogP contribution in [0, 0.1) is 5.82 Å². The molecular weight excluding hydrogens is 235 g/mol. The van der Waals surface area contributed by atoms with Crippen LogP contribution in [0.15, 0.2) is 12.1 Å². The Morgan fingerprint density at radius 3 is 2.57 bits per heavy atom.